The van der Waals surface area contributed by atoms with E-state index in [1.807, 2.05) is 6.07 Å². The van der Waals surface area contributed by atoms with Crippen LogP contribution in [0.5, 0.6) is 0 Å². The van der Waals surface area contributed by atoms with E-state index < -0.39 is 11.4 Å². The van der Waals surface area contributed by atoms with Gasteiger partial charge in [-0.05, 0) is 45.0 Å². The van der Waals surface area contributed by atoms with Crippen molar-refractivity contribution in [2.45, 2.75) is 31.2 Å². The van der Waals surface area contributed by atoms with Gasteiger partial charge in [0.1, 0.15) is 0 Å². The Hall–Kier alpha value is -1.39. The summed E-state index contributed by atoms with van der Waals surface area (Å²) in [5, 5.41) is 13.1. The van der Waals surface area contributed by atoms with Crippen LogP contribution >= 0.6 is 0 Å². The molecule has 4 nitrogen and oxygen atoms in total. The molecule has 1 heterocycles. The first-order chi connectivity index (χ1) is 10.1. The molecule has 2 aliphatic rings. The van der Waals surface area contributed by atoms with Gasteiger partial charge in [-0.15, -0.1) is 0 Å². The zero-order chi connectivity index (χ0) is 14.9. The number of nitrogens with zero attached hydrogens (tertiary/aromatic N) is 1. The summed E-state index contributed by atoms with van der Waals surface area (Å²) in [5.41, 5.74) is 0.791. The molecule has 0 aromatic heterocycles. The van der Waals surface area contributed by atoms with Gasteiger partial charge in [0.15, 0.2) is 0 Å². The molecule has 1 aromatic rings. The first-order valence-electron chi connectivity index (χ1n) is 7.81. The van der Waals surface area contributed by atoms with E-state index in [1.165, 1.54) is 5.56 Å². The smallest absolute Gasteiger partial charge is 0.311 e. The highest BCUT2D eigenvalue weighted by Gasteiger charge is 2.44. The summed E-state index contributed by atoms with van der Waals surface area (Å²) in [6.45, 7) is 2.35. The lowest BCUT2D eigenvalue weighted by molar-refractivity contribution is -0.151. The van der Waals surface area contributed by atoms with E-state index in [9.17, 15) is 9.90 Å². The monoisotopic (exact) mass is 288 g/mol. The molecule has 2 unspecified atom stereocenters. The van der Waals surface area contributed by atoms with Crippen LogP contribution in [-0.2, 0) is 4.79 Å². The van der Waals surface area contributed by atoms with Crippen molar-refractivity contribution in [1.82, 2.24) is 10.2 Å². The molecule has 0 bridgehead atoms. The molecule has 2 atom stereocenters. The van der Waals surface area contributed by atoms with Gasteiger partial charge in [0, 0.05) is 18.5 Å². The third kappa shape index (κ3) is 3.11. The standard InChI is InChI=1S/C17H24N2O2/c1-19-9-7-17(8-10-19,16(20)21)12-18-15-11-14(15)13-5-3-2-4-6-13/h2-6,14-15,18H,7-12H2,1H3,(H,20,21). The van der Waals surface area contributed by atoms with E-state index in [1.54, 1.807) is 0 Å². The maximum Gasteiger partial charge on any atom is 0.311 e. The quantitative estimate of drug-likeness (QED) is 0.869. The van der Waals surface area contributed by atoms with Crippen LogP contribution in [0.2, 0.25) is 0 Å². The van der Waals surface area contributed by atoms with Gasteiger partial charge in [-0.25, -0.2) is 0 Å². The summed E-state index contributed by atoms with van der Waals surface area (Å²) in [6, 6.07) is 10.9. The minimum absolute atomic E-state index is 0.447. The van der Waals surface area contributed by atoms with Gasteiger partial charge in [0.05, 0.1) is 5.41 Å². The fourth-order valence-corrected chi connectivity index (χ4v) is 3.33. The van der Waals surface area contributed by atoms with E-state index >= 15 is 0 Å². The predicted octanol–water partition coefficient (Wildman–Crippen LogP) is 1.93. The fraction of sp³-hybridized carbons (Fsp3) is 0.588. The largest absolute Gasteiger partial charge is 0.481 e. The third-order valence-corrected chi connectivity index (χ3v) is 5.12. The summed E-state index contributed by atoms with van der Waals surface area (Å²) >= 11 is 0. The minimum Gasteiger partial charge on any atom is -0.481 e. The Kier molecular flexibility index (Phi) is 4.00. The molecule has 1 aliphatic carbocycles. The van der Waals surface area contributed by atoms with Crippen molar-refractivity contribution in [3.63, 3.8) is 0 Å². The summed E-state index contributed by atoms with van der Waals surface area (Å²) in [5.74, 6) is -0.0803. The summed E-state index contributed by atoms with van der Waals surface area (Å²) in [7, 11) is 2.06. The van der Waals surface area contributed by atoms with Crippen molar-refractivity contribution in [2.75, 3.05) is 26.7 Å². The number of hydrogen-bond donors (Lipinski definition) is 2. The van der Waals surface area contributed by atoms with E-state index in [4.69, 9.17) is 0 Å². The molecule has 4 heteroatoms. The van der Waals surface area contributed by atoms with Crippen LogP contribution in [0.3, 0.4) is 0 Å². The average molecular weight is 288 g/mol. The number of hydrogen-bond acceptors (Lipinski definition) is 3. The molecule has 1 saturated heterocycles. The SMILES string of the molecule is CN1CCC(CNC2CC2c2ccccc2)(C(=O)O)CC1. The maximum atomic E-state index is 11.7. The zero-order valence-electron chi connectivity index (χ0n) is 12.6. The Bertz CT molecular complexity index is 495. The first-order valence-corrected chi connectivity index (χ1v) is 7.81. The lowest BCUT2D eigenvalue weighted by Gasteiger charge is -2.37. The van der Waals surface area contributed by atoms with Crippen LogP contribution in [0, 0.1) is 5.41 Å². The number of nitrogens with one attached hydrogen (secondary N) is 1. The van der Waals surface area contributed by atoms with Crippen LogP contribution < -0.4 is 5.32 Å². The normalized spacial score (nSPS) is 28.2. The Labute approximate surface area is 126 Å². The van der Waals surface area contributed by atoms with Gasteiger partial charge in [0.25, 0.3) is 0 Å². The second-order valence-electron chi connectivity index (χ2n) is 6.63. The number of likely N-dealkylation sites (tertiary alicyclic amines) is 1. The minimum atomic E-state index is -0.639. The highest BCUT2D eigenvalue weighted by Crippen LogP contribution is 2.41. The van der Waals surface area contributed by atoms with Crippen molar-refractivity contribution in [3.05, 3.63) is 35.9 Å². The van der Waals surface area contributed by atoms with Gasteiger partial charge in [-0.2, -0.15) is 0 Å². The van der Waals surface area contributed by atoms with Crippen molar-refractivity contribution in [1.29, 1.82) is 0 Å². The van der Waals surface area contributed by atoms with E-state index in [2.05, 4.69) is 41.5 Å². The number of carboxylic acid groups (broad SMARTS) is 1. The highest BCUT2D eigenvalue weighted by molar-refractivity contribution is 5.75. The Morgan fingerprint density at radius 1 is 1.33 bits per heavy atom. The maximum absolute atomic E-state index is 11.7. The molecule has 3 rings (SSSR count). The molecule has 0 amide bonds. The fourth-order valence-electron chi connectivity index (χ4n) is 3.33. The Morgan fingerprint density at radius 2 is 2.00 bits per heavy atom. The van der Waals surface area contributed by atoms with Crippen molar-refractivity contribution in [3.8, 4) is 0 Å². The second-order valence-corrected chi connectivity index (χ2v) is 6.63. The molecule has 114 valence electrons. The van der Waals surface area contributed by atoms with Crippen LogP contribution in [-0.4, -0.2) is 48.7 Å². The number of rotatable bonds is 5. The summed E-state index contributed by atoms with van der Waals surface area (Å²) in [6.07, 6.45) is 2.61. The van der Waals surface area contributed by atoms with Crippen molar-refractivity contribution < 1.29 is 9.90 Å². The van der Waals surface area contributed by atoms with E-state index in [-0.39, 0.29) is 0 Å². The second kappa shape index (κ2) is 5.78. The van der Waals surface area contributed by atoms with Gasteiger partial charge in [0.2, 0.25) is 0 Å². The van der Waals surface area contributed by atoms with Crippen molar-refractivity contribution >= 4 is 5.97 Å². The molecule has 1 saturated carbocycles. The molecular weight excluding hydrogens is 264 g/mol. The molecular formula is C17H24N2O2. The molecule has 0 spiro atoms. The van der Waals surface area contributed by atoms with Crippen LogP contribution in [0.4, 0.5) is 0 Å². The molecule has 0 radical (unpaired) electrons. The van der Waals surface area contributed by atoms with Crippen LogP contribution in [0.15, 0.2) is 30.3 Å². The van der Waals surface area contributed by atoms with Gasteiger partial charge in [-0.3, -0.25) is 4.79 Å². The Morgan fingerprint density at radius 3 is 2.62 bits per heavy atom. The lowest BCUT2D eigenvalue weighted by Crippen LogP contribution is -2.49. The lowest BCUT2D eigenvalue weighted by atomic mass is 9.78. The molecule has 1 aromatic carbocycles. The number of piperidine rings is 1. The van der Waals surface area contributed by atoms with Crippen LogP contribution in [0.25, 0.3) is 0 Å². The first kappa shape index (κ1) is 14.5. The number of aliphatic carboxylic acids is 1. The van der Waals surface area contributed by atoms with Gasteiger partial charge >= 0.3 is 5.97 Å². The topological polar surface area (TPSA) is 52.6 Å². The number of carbonyl (C=O) groups is 1. The van der Waals surface area contributed by atoms with Gasteiger partial charge < -0.3 is 15.3 Å². The third-order valence-electron chi connectivity index (χ3n) is 5.12. The number of carboxylic acids is 1. The van der Waals surface area contributed by atoms with Gasteiger partial charge in [-0.1, -0.05) is 30.3 Å². The molecule has 21 heavy (non-hydrogen) atoms. The summed E-state index contributed by atoms with van der Waals surface area (Å²) in [4.78, 5) is 13.9. The Balaban J connectivity index is 1.56. The zero-order valence-corrected chi connectivity index (χ0v) is 12.6. The highest BCUT2D eigenvalue weighted by atomic mass is 16.4. The predicted molar refractivity (Wildman–Crippen MR) is 82.4 cm³/mol. The molecule has 2 fully saturated rings. The van der Waals surface area contributed by atoms with E-state index in [0.29, 0.717) is 18.5 Å². The summed E-state index contributed by atoms with van der Waals surface area (Å²) < 4.78 is 0. The van der Waals surface area contributed by atoms with Crippen LogP contribution in [0.1, 0.15) is 30.7 Å². The average Bonchev–Trinajstić information content (AvgIpc) is 3.27. The number of benzene rings is 1. The van der Waals surface area contributed by atoms with Crippen molar-refractivity contribution in [2.24, 2.45) is 5.41 Å². The molecule has 2 N–H and O–H groups in total. The molecule has 1 aliphatic heterocycles. The van der Waals surface area contributed by atoms with E-state index in [0.717, 1.165) is 32.4 Å².